The molecule has 20 heavy (non-hydrogen) atoms. The van der Waals surface area contributed by atoms with Crippen molar-refractivity contribution in [1.82, 2.24) is 4.90 Å². The molecule has 0 radical (unpaired) electrons. The zero-order chi connectivity index (χ0) is 15.0. The van der Waals surface area contributed by atoms with E-state index in [4.69, 9.17) is 5.73 Å². The number of carbonyl (C=O) groups excluding carboxylic acids is 1. The van der Waals surface area contributed by atoms with Gasteiger partial charge in [-0.3, -0.25) is 4.79 Å². The molecule has 1 rings (SSSR count). The van der Waals surface area contributed by atoms with Crippen LogP contribution in [0.25, 0.3) is 0 Å². The lowest BCUT2D eigenvalue weighted by molar-refractivity contribution is -0.134. The van der Waals surface area contributed by atoms with Crippen LogP contribution in [-0.2, 0) is 4.79 Å². The Hall–Kier alpha value is -0.610. The number of carbonyl (C=O) groups is 1. The molecule has 0 heterocycles. The first-order valence-electron chi connectivity index (χ1n) is 8.20. The molecule has 1 aliphatic carbocycles. The maximum atomic E-state index is 12.4. The molecule has 3 N–H and O–H groups in total. The Morgan fingerprint density at radius 2 is 1.95 bits per heavy atom. The molecule has 1 amide bonds. The van der Waals surface area contributed by atoms with Crippen molar-refractivity contribution in [2.24, 2.45) is 17.6 Å². The number of aliphatic hydroxyl groups excluding tert-OH is 1. The predicted octanol–water partition coefficient (Wildman–Crippen LogP) is 2.15. The number of rotatable bonds is 9. The fourth-order valence-corrected chi connectivity index (χ4v) is 3.31. The lowest BCUT2D eigenvalue weighted by Crippen LogP contribution is -2.40. The Morgan fingerprint density at radius 1 is 1.30 bits per heavy atom. The summed E-state index contributed by atoms with van der Waals surface area (Å²) in [6, 6.07) is 0.363. The highest BCUT2D eigenvalue weighted by atomic mass is 16.3. The summed E-state index contributed by atoms with van der Waals surface area (Å²) in [5.74, 6) is 1.32. The molecule has 0 aromatic rings. The topological polar surface area (TPSA) is 66.6 Å². The van der Waals surface area contributed by atoms with Gasteiger partial charge < -0.3 is 15.7 Å². The van der Waals surface area contributed by atoms with Gasteiger partial charge in [0.05, 0.1) is 6.61 Å². The zero-order valence-electron chi connectivity index (χ0n) is 13.2. The van der Waals surface area contributed by atoms with Crippen LogP contribution < -0.4 is 5.73 Å². The molecular weight excluding hydrogens is 252 g/mol. The molecule has 118 valence electrons. The minimum absolute atomic E-state index is 0.0681. The second-order valence-electron chi connectivity index (χ2n) is 6.37. The van der Waals surface area contributed by atoms with Crippen molar-refractivity contribution >= 4 is 5.91 Å². The van der Waals surface area contributed by atoms with Gasteiger partial charge in [-0.05, 0) is 44.1 Å². The maximum absolute atomic E-state index is 12.4. The summed E-state index contributed by atoms with van der Waals surface area (Å²) in [4.78, 5) is 14.4. The molecule has 1 atom stereocenters. The SMILES string of the molecule is CC(C)C(CCN)CCC(=O)N(CCO)C1CCCC1. The highest BCUT2D eigenvalue weighted by Gasteiger charge is 2.26. The van der Waals surface area contributed by atoms with Crippen LogP contribution in [0.4, 0.5) is 0 Å². The van der Waals surface area contributed by atoms with Crippen molar-refractivity contribution in [2.75, 3.05) is 19.7 Å². The minimum Gasteiger partial charge on any atom is -0.395 e. The monoisotopic (exact) mass is 284 g/mol. The van der Waals surface area contributed by atoms with Gasteiger partial charge >= 0.3 is 0 Å². The van der Waals surface area contributed by atoms with E-state index in [0.717, 1.165) is 25.7 Å². The minimum atomic E-state index is 0.0681. The van der Waals surface area contributed by atoms with Crippen molar-refractivity contribution in [3.05, 3.63) is 0 Å². The molecule has 0 saturated heterocycles. The van der Waals surface area contributed by atoms with Crippen molar-refractivity contribution in [2.45, 2.75) is 64.8 Å². The second-order valence-corrected chi connectivity index (χ2v) is 6.37. The summed E-state index contributed by atoms with van der Waals surface area (Å²) in [5.41, 5.74) is 5.65. The third-order valence-corrected chi connectivity index (χ3v) is 4.64. The third kappa shape index (κ3) is 5.41. The molecule has 0 aromatic heterocycles. The second kappa shape index (κ2) is 9.35. The van der Waals surface area contributed by atoms with E-state index in [1.165, 1.54) is 12.8 Å². The van der Waals surface area contributed by atoms with E-state index in [2.05, 4.69) is 13.8 Å². The van der Waals surface area contributed by atoms with E-state index in [1.807, 2.05) is 4.90 Å². The van der Waals surface area contributed by atoms with Gasteiger partial charge in [0, 0.05) is 19.0 Å². The molecule has 0 bridgehead atoms. The Labute approximate surface area is 123 Å². The van der Waals surface area contributed by atoms with Crippen molar-refractivity contribution in [3.63, 3.8) is 0 Å². The van der Waals surface area contributed by atoms with Crippen LogP contribution >= 0.6 is 0 Å². The summed E-state index contributed by atoms with van der Waals surface area (Å²) in [6.07, 6.45) is 7.13. The maximum Gasteiger partial charge on any atom is 0.222 e. The Morgan fingerprint density at radius 3 is 2.45 bits per heavy atom. The molecule has 4 heteroatoms. The van der Waals surface area contributed by atoms with Gasteiger partial charge in [0.1, 0.15) is 0 Å². The largest absolute Gasteiger partial charge is 0.395 e. The third-order valence-electron chi connectivity index (χ3n) is 4.64. The van der Waals surface area contributed by atoms with E-state index in [1.54, 1.807) is 0 Å². The highest BCUT2D eigenvalue weighted by Crippen LogP contribution is 2.26. The van der Waals surface area contributed by atoms with E-state index < -0.39 is 0 Å². The van der Waals surface area contributed by atoms with Crippen molar-refractivity contribution in [3.8, 4) is 0 Å². The van der Waals surface area contributed by atoms with Crippen LogP contribution in [0.2, 0.25) is 0 Å². The molecule has 1 unspecified atom stereocenters. The molecule has 1 fully saturated rings. The van der Waals surface area contributed by atoms with Crippen LogP contribution in [0.15, 0.2) is 0 Å². The number of amides is 1. The quantitative estimate of drug-likeness (QED) is 0.682. The first-order chi connectivity index (χ1) is 9.60. The average molecular weight is 284 g/mol. The predicted molar refractivity (Wildman–Crippen MR) is 82.3 cm³/mol. The molecule has 1 aliphatic rings. The van der Waals surface area contributed by atoms with Gasteiger partial charge in [-0.25, -0.2) is 0 Å². The summed E-state index contributed by atoms with van der Waals surface area (Å²) >= 11 is 0. The van der Waals surface area contributed by atoms with Gasteiger partial charge in [0.2, 0.25) is 5.91 Å². The molecule has 0 spiro atoms. The lowest BCUT2D eigenvalue weighted by atomic mass is 9.88. The zero-order valence-corrected chi connectivity index (χ0v) is 13.2. The number of hydrogen-bond donors (Lipinski definition) is 2. The van der Waals surface area contributed by atoms with Gasteiger partial charge in [-0.15, -0.1) is 0 Å². The average Bonchev–Trinajstić information content (AvgIpc) is 2.93. The number of hydrogen-bond acceptors (Lipinski definition) is 3. The fourth-order valence-electron chi connectivity index (χ4n) is 3.31. The van der Waals surface area contributed by atoms with Crippen molar-refractivity contribution < 1.29 is 9.90 Å². The van der Waals surface area contributed by atoms with Gasteiger partial charge in [-0.1, -0.05) is 26.7 Å². The normalized spacial score (nSPS) is 17.6. The number of aliphatic hydroxyl groups is 1. The first-order valence-corrected chi connectivity index (χ1v) is 8.20. The van der Waals surface area contributed by atoms with Crippen LogP contribution in [0.5, 0.6) is 0 Å². The summed E-state index contributed by atoms with van der Waals surface area (Å²) in [7, 11) is 0. The Bertz CT molecular complexity index is 276. The van der Waals surface area contributed by atoms with Gasteiger partial charge in [0.25, 0.3) is 0 Å². The molecule has 4 nitrogen and oxygen atoms in total. The van der Waals surface area contributed by atoms with Gasteiger partial charge in [-0.2, -0.15) is 0 Å². The van der Waals surface area contributed by atoms with E-state index in [-0.39, 0.29) is 12.5 Å². The number of nitrogens with zero attached hydrogens (tertiary/aromatic N) is 1. The van der Waals surface area contributed by atoms with Crippen LogP contribution in [-0.4, -0.2) is 41.7 Å². The van der Waals surface area contributed by atoms with Crippen LogP contribution in [0, 0.1) is 11.8 Å². The summed E-state index contributed by atoms with van der Waals surface area (Å²) in [6.45, 7) is 5.66. The first kappa shape index (κ1) is 17.4. The standard InChI is InChI=1S/C16H32N2O2/c1-13(2)14(9-10-17)7-8-16(20)18(11-12-19)15-5-3-4-6-15/h13-15,19H,3-12,17H2,1-2H3. The fraction of sp³-hybridized carbons (Fsp3) is 0.938. The van der Waals surface area contributed by atoms with Crippen LogP contribution in [0.3, 0.4) is 0 Å². The molecule has 1 saturated carbocycles. The number of nitrogens with two attached hydrogens (primary N) is 1. The van der Waals surface area contributed by atoms with Crippen LogP contribution in [0.1, 0.15) is 58.8 Å². The lowest BCUT2D eigenvalue weighted by Gasteiger charge is -2.29. The highest BCUT2D eigenvalue weighted by molar-refractivity contribution is 5.76. The van der Waals surface area contributed by atoms with Gasteiger partial charge in [0.15, 0.2) is 0 Å². The molecular formula is C16H32N2O2. The Kier molecular flexibility index (Phi) is 8.15. The van der Waals surface area contributed by atoms with Crippen molar-refractivity contribution in [1.29, 1.82) is 0 Å². The van der Waals surface area contributed by atoms with E-state index in [0.29, 0.717) is 37.4 Å². The summed E-state index contributed by atoms with van der Waals surface area (Å²) in [5, 5.41) is 9.19. The van der Waals surface area contributed by atoms with E-state index in [9.17, 15) is 9.90 Å². The Balaban J connectivity index is 2.48. The smallest absolute Gasteiger partial charge is 0.222 e. The van der Waals surface area contributed by atoms with E-state index >= 15 is 0 Å². The summed E-state index contributed by atoms with van der Waals surface area (Å²) < 4.78 is 0. The molecule has 0 aliphatic heterocycles. The molecule has 0 aromatic carbocycles.